The molecule has 0 aromatic heterocycles. The summed E-state index contributed by atoms with van der Waals surface area (Å²) >= 11 is 0. The average Bonchev–Trinajstić information content (AvgIpc) is 3.07. The summed E-state index contributed by atoms with van der Waals surface area (Å²) in [5, 5.41) is 6.41. The van der Waals surface area contributed by atoms with Gasteiger partial charge >= 0.3 is 0 Å². The average molecular weight is 317 g/mol. The summed E-state index contributed by atoms with van der Waals surface area (Å²) in [4.78, 5) is 14.4. The monoisotopic (exact) mass is 317 g/mol. The lowest BCUT2D eigenvalue weighted by Gasteiger charge is -2.26. The number of hydrogen-bond acceptors (Lipinski definition) is 4. The van der Waals surface area contributed by atoms with E-state index in [9.17, 15) is 4.79 Å². The first-order valence-electron chi connectivity index (χ1n) is 8.67. The minimum absolute atomic E-state index is 0.142. The fraction of sp³-hybridized carbons (Fsp3) is 0.611. The first kappa shape index (κ1) is 16.4. The summed E-state index contributed by atoms with van der Waals surface area (Å²) < 4.78 is 5.39. The minimum atomic E-state index is 0.142. The molecule has 1 atom stereocenters. The molecule has 2 saturated heterocycles. The highest BCUT2D eigenvalue weighted by atomic mass is 16.5. The Bertz CT molecular complexity index is 509. The molecule has 126 valence electrons. The van der Waals surface area contributed by atoms with E-state index in [1.165, 1.54) is 17.5 Å². The molecule has 0 radical (unpaired) electrons. The molecule has 0 bridgehead atoms. The maximum Gasteiger partial charge on any atom is 0.221 e. The molecule has 1 amide bonds. The molecule has 5 heteroatoms. The van der Waals surface area contributed by atoms with Crippen molar-refractivity contribution in [3.63, 3.8) is 0 Å². The summed E-state index contributed by atoms with van der Waals surface area (Å²) in [5.74, 6) is 0.142. The number of hydrogen-bond donors (Lipinski definition) is 2. The molecule has 2 N–H and O–H groups in total. The van der Waals surface area contributed by atoms with Crippen molar-refractivity contribution in [3.05, 3.63) is 35.4 Å². The van der Waals surface area contributed by atoms with Crippen LogP contribution in [0.2, 0.25) is 0 Å². The van der Waals surface area contributed by atoms with Crippen LogP contribution in [0.25, 0.3) is 0 Å². The summed E-state index contributed by atoms with van der Waals surface area (Å²) in [7, 11) is 0. The lowest BCUT2D eigenvalue weighted by atomic mass is 10.1. The number of morpholine rings is 1. The molecular formula is C18H27N3O2. The summed E-state index contributed by atoms with van der Waals surface area (Å²) in [5.41, 5.74) is 2.47. The predicted octanol–water partition coefficient (Wildman–Crippen LogP) is 1.28. The van der Waals surface area contributed by atoms with Crippen LogP contribution < -0.4 is 10.6 Å². The van der Waals surface area contributed by atoms with Crippen LogP contribution in [0.4, 0.5) is 0 Å². The summed E-state index contributed by atoms with van der Waals surface area (Å²) in [6, 6.07) is 8.88. The molecule has 2 fully saturated rings. The van der Waals surface area contributed by atoms with Crippen molar-refractivity contribution in [1.82, 2.24) is 15.5 Å². The number of amides is 1. The van der Waals surface area contributed by atoms with Gasteiger partial charge in [0.15, 0.2) is 0 Å². The van der Waals surface area contributed by atoms with Gasteiger partial charge in [0.1, 0.15) is 0 Å². The fourth-order valence-corrected chi connectivity index (χ4v) is 3.28. The summed E-state index contributed by atoms with van der Waals surface area (Å²) in [6.45, 7) is 6.25. The number of ether oxygens (including phenoxy) is 1. The van der Waals surface area contributed by atoms with E-state index in [1.807, 2.05) is 0 Å². The van der Waals surface area contributed by atoms with E-state index in [0.29, 0.717) is 19.0 Å². The van der Waals surface area contributed by atoms with Crippen molar-refractivity contribution in [1.29, 1.82) is 0 Å². The highest BCUT2D eigenvalue weighted by molar-refractivity contribution is 5.76. The highest BCUT2D eigenvalue weighted by Gasteiger charge is 2.17. The minimum Gasteiger partial charge on any atom is -0.379 e. The molecule has 23 heavy (non-hydrogen) atoms. The van der Waals surface area contributed by atoms with Crippen molar-refractivity contribution in [3.8, 4) is 0 Å². The van der Waals surface area contributed by atoms with Crippen LogP contribution in [0.3, 0.4) is 0 Å². The second-order valence-electron chi connectivity index (χ2n) is 6.48. The van der Waals surface area contributed by atoms with E-state index in [2.05, 4.69) is 39.8 Å². The normalized spacial score (nSPS) is 22.2. The van der Waals surface area contributed by atoms with Gasteiger partial charge < -0.3 is 15.4 Å². The zero-order valence-electron chi connectivity index (χ0n) is 13.7. The number of carbonyl (C=O) groups excluding carboxylic acids is 1. The third-order valence-electron chi connectivity index (χ3n) is 4.59. The van der Waals surface area contributed by atoms with E-state index in [4.69, 9.17) is 4.74 Å². The number of rotatable bonds is 6. The zero-order chi connectivity index (χ0) is 15.9. The van der Waals surface area contributed by atoms with Crippen molar-refractivity contribution < 1.29 is 9.53 Å². The van der Waals surface area contributed by atoms with Crippen LogP contribution in [0.15, 0.2) is 24.3 Å². The fourth-order valence-electron chi connectivity index (χ4n) is 3.28. The largest absolute Gasteiger partial charge is 0.379 e. The van der Waals surface area contributed by atoms with E-state index in [0.717, 1.165) is 45.8 Å². The van der Waals surface area contributed by atoms with Gasteiger partial charge in [-0.1, -0.05) is 24.3 Å². The lowest BCUT2D eigenvalue weighted by Crippen LogP contribution is -2.35. The van der Waals surface area contributed by atoms with E-state index >= 15 is 0 Å². The van der Waals surface area contributed by atoms with Gasteiger partial charge in [0.05, 0.1) is 13.2 Å². The lowest BCUT2D eigenvalue weighted by molar-refractivity contribution is -0.121. The third kappa shape index (κ3) is 5.30. The van der Waals surface area contributed by atoms with Gasteiger partial charge in [-0.3, -0.25) is 9.69 Å². The van der Waals surface area contributed by atoms with Crippen molar-refractivity contribution in [2.24, 2.45) is 0 Å². The molecule has 2 aliphatic heterocycles. The van der Waals surface area contributed by atoms with Gasteiger partial charge in [-0.2, -0.15) is 0 Å². The molecule has 3 rings (SSSR count). The maximum absolute atomic E-state index is 12.0. The van der Waals surface area contributed by atoms with Crippen LogP contribution in [0, 0.1) is 0 Å². The molecule has 2 heterocycles. The first-order chi connectivity index (χ1) is 11.3. The third-order valence-corrected chi connectivity index (χ3v) is 4.59. The molecule has 0 saturated carbocycles. The smallest absolute Gasteiger partial charge is 0.221 e. The van der Waals surface area contributed by atoms with Crippen LogP contribution in [-0.2, 0) is 22.6 Å². The Hall–Kier alpha value is -1.43. The first-order valence-corrected chi connectivity index (χ1v) is 8.67. The van der Waals surface area contributed by atoms with Crippen LogP contribution in [0.5, 0.6) is 0 Å². The Morgan fingerprint density at radius 1 is 1.30 bits per heavy atom. The van der Waals surface area contributed by atoms with Gasteiger partial charge in [-0.05, 0) is 30.5 Å². The predicted molar refractivity (Wildman–Crippen MR) is 90.0 cm³/mol. The topological polar surface area (TPSA) is 53.6 Å². The second kappa shape index (κ2) is 8.43. The summed E-state index contributed by atoms with van der Waals surface area (Å²) in [6.07, 6.45) is 2.89. The molecule has 1 unspecified atom stereocenters. The Kier molecular flexibility index (Phi) is 6.02. The Morgan fingerprint density at radius 3 is 2.91 bits per heavy atom. The molecular weight excluding hydrogens is 290 g/mol. The van der Waals surface area contributed by atoms with Gasteiger partial charge in [0, 0.05) is 38.6 Å². The molecule has 1 aromatic carbocycles. The Labute approximate surface area is 138 Å². The van der Waals surface area contributed by atoms with E-state index in [1.54, 1.807) is 0 Å². The van der Waals surface area contributed by atoms with Crippen molar-refractivity contribution >= 4 is 5.91 Å². The number of nitrogens with zero attached hydrogens (tertiary/aromatic N) is 1. The highest BCUT2D eigenvalue weighted by Crippen LogP contribution is 2.11. The number of carbonyl (C=O) groups is 1. The molecule has 2 aliphatic rings. The van der Waals surface area contributed by atoms with Crippen LogP contribution in [-0.4, -0.2) is 49.7 Å². The molecule has 0 spiro atoms. The van der Waals surface area contributed by atoms with Crippen LogP contribution in [0.1, 0.15) is 30.4 Å². The van der Waals surface area contributed by atoms with Gasteiger partial charge in [-0.25, -0.2) is 0 Å². The number of benzene rings is 1. The standard InChI is InChI=1S/C18H27N3O2/c22-18(12-17-5-2-6-19-17)20-13-15-3-1-4-16(11-15)14-21-7-9-23-10-8-21/h1,3-4,11,17,19H,2,5-10,12-14H2,(H,20,22). The van der Waals surface area contributed by atoms with E-state index < -0.39 is 0 Å². The quantitative estimate of drug-likeness (QED) is 0.830. The molecule has 1 aromatic rings. The number of nitrogens with one attached hydrogen (secondary N) is 2. The molecule has 5 nitrogen and oxygen atoms in total. The van der Waals surface area contributed by atoms with E-state index in [-0.39, 0.29) is 5.91 Å². The van der Waals surface area contributed by atoms with Crippen LogP contribution >= 0.6 is 0 Å². The SMILES string of the molecule is O=C(CC1CCCN1)NCc1cccc(CN2CCOCC2)c1. The van der Waals surface area contributed by atoms with Crippen molar-refractivity contribution in [2.45, 2.75) is 38.4 Å². The Balaban J connectivity index is 1.45. The van der Waals surface area contributed by atoms with Gasteiger partial charge in [0.2, 0.25) is 5.91 Å². The molecule has 0 aliphatic carbocycles. The van der Waals surface area contributed by atoms with Crippen molar-refractivity contribution in [2.75, 3.05) is 32.8 Å². The van der Waals surface area contributed by atoms with Gasteiger partial charge in [-0.15, -0.1) is 0 Å². The maximum atomic E-state index is 12.0. The Morgan fingerprint density at radius 2 is 2.13 bits per heavy atom. The second-order valence-corrected chi connectivity index (χ2v) is 6.48. The zero-order valence-corrected chi connectivity index (χ0v) is 13.7. The van der Waals surface area contributed by atoms with Gasteiger partial charge in [0.25, 0.3) is 0 Å².